The summed E-state index contributed by atoms with van der Waals surface area (Å²) in [7, 11) is 0. The number of nitrogens with one attached hydrogen (secondary N) is 1. The Morgan fingerprint density at radius 3 is 2.73 bits per heavy atom. The van der Waals surface area contributed by atoms with Crippen LogP contribution in [-0.2, 0) is 4.79 Å². The summed E-state index contributed by atoms with van der Waals surface area (Å²) in [6.07, 6.45) is 4.92. The molecule has 1 fully saturated rings. The van der Waals surface area contributed by atoms with Gasteiger partial charge in [-0.2, -0.15) is 0 Å². The number of rotatable bonds is 2. The SMILES string of the molecule is CC[C@@H]1CC[C@@H](NC(C)=O)C1. The molecule has 0 radical (unpaired) electrons. The molecule has 0 aromatic carbocycles. The summed E-state index contributed by atoms with van der Waals surface area (Å²) in [6, 6.07) is 0.470. The van der Waals surface area contributed by atoms with Gasteiger partial charge in [-0.1, -0.05) is 13.3 Å². The highest BCUT2D eigenvalue weighted by Crippen LogP contribution is 2.27. The Bertz CT molecular complexity index is 144. The van der Waals surface area contributed by atoms with Crippen LogP contribution >= 0.6 is 0 Å². The molecule has 0 aromatic rings. The van der Waals surface area contributed by atoms with Gasteiger partial charge in [-0.3, -0.25) is 4.79 Å². The van der Waals surface area contributed by atoms with Crippen LogP contribution in [0.1, 0.15) is 39.5 Å². The monoisotopic (exact) mass is 155 g/mol. The Kier molecular flexibility index (Phi) is 2.92. The zero-order valence-corrected chi connectivity index (χ0v) is 7.39. The van der Waals surface area contributed by atoms with Crippen molar-refractivity contribution in [3.8, 4) is 0 Å². The van der Waals surface area contributed by atoms with Gasteiger partial charge in [-0.15, -0.1) is 0 Å². The van der Waals surface area contributed by atoms with Crippen LogP contribution < -0.4 is 5.32 Å². The Morgan fingerprint density at radius 1 is 1.55 bits per heavy atom. The average molecular weight is 155 g/mol. The van der Waals surface area contributed by atoms with Gasteiger partial charge in [0.1, 0.15) is 0 Å². The number of hydrogen-bond acceptors (Lipinski definition) is 1. The van der Waals surface area contributed by atoms with Crippen molar-refractivity contribution in [3.63, 3.8) is 0 Å². The standard InChI is InChI=1S/C9H17NO/c1-3-8-4-5-9(6-8)10-7(2)11/h8-9H,3-6H2,1-2H3,(H,10,11)/t8-,9-/m1/s1. The van der Waals surface area contributed by atoms with Crippen LogP contribution in [0.5, 0.6) is 0 Å². The molecule has 0 bridgehead atoms. The van der Waals surface area contributed by atoms with E-state index in [1.54, 1.807) is 6.92 Å². The molecule has 2 nitrogen and oxygen atoms in total. The highest BCUT2D eigenvalue weighted by Gasteiger charge is 2.23. The lowest BCUT2D eigenvalue weighted by molar-refractivity contribution is -0.119. The summed E-state index contributed by atoms with van der Waals surface area (Å²) in [5.41, 5.74) is 0. The van der Waals surface area contributed by atoms with Crippen LogP contribution in [0, 0.1) is 5.92 Å². The van der Waals surface area contributed by atoms with Crippen molar-refractivity contribution in [2.75, 3.05) is 0 Å². The molecule has 1 N–H and O–H groups in total. The van der Waals surface area contributed by atoms with Gasteiger partial charge < -0.3 is 5.32 Å². The zero-order chi connectivity index (χ0) is 8.27. The van der Waals surface area contributed by atoms with Crippen molar-refractivity contribution >= 4 is 5.91 Å². The summed E-state index contributed by atoms with van der Waals surface area (Å²) in [4.78, 5) is 10.7. The van der Waals surface area contributed by atoms with Crippen molar-refractivity contribution in [1.29, 1.82) is 0 Å². The van der Waals surface area contributed by atoms with E-state index in [-0.39, 0.29) is 5.91 Å². The predicted molar refractivity (Wildman–Crippen MR) is 45.2 cm³/mol. The molecular weight excluding hydrogens is 138 g/mol. The molecule has 0 saturated heterocycles. The summed E-state index contributed by atoms with van der Waals surface area (Å²) in [6.45, 7) is 3.82. The number of amides is 1. The van der Waals surface area contributed by atoms with Gasteiger partial charge in [0.05, 0.1) is 0 Å². The third kappa shape index (κ3) is 2.52. The Labute approximate surface area is 68.4 Å². The maximum atomic E-state index is 10.7. The van der Waals surface area contributed by atoms with Crippen molar-refractivity contribution in [2.24, 2.45) is 5.92 Å². The zero-order valence-electron chi connectivity index (χ0n) is 7.39. The molecule has 1 aliphatic rings. The van der Waals surface area contributed by atoms with Crippen LogP contribution in [0.3, 0.4) is 0 Å². The van der Waals surface area contributed by atoms with E-state index in [1.807, 2.05) is 0 Å². The van der Waals surface area contributed by atoms with E-state index in [0.717, 1.165) is 5.92 Å². The first kappa shape index (κ1) is 8.57. The van der Waals surface area contributed by atoms with Crippen molar-refractivity contribution in [3.05, 3.63) is 0 Å². The molecule has 11 heavy (non-hydrogen) atoms. The van der Waals surface area contributed by atoms with Crippen LogP contribution in [0.4, 0.5) is 0 Å². The fraction of sp³-hybridized carbons (Fsp3) is 0.889. The van der Waals surface area contributed by atoms with Crippen LogP contribution in [0.25, 0.3) is 0 Å². The first-order valence-electron chi connectivity index (χ1n) is 4.49. The molecule has 2 heteroatoms. The van der Waals surface area contributed by atoms with Crippen LogP contribution in [0.15, 0.2) is 0 Å². The van der Waals surface area contributed by atoms with E-state index in [2.05, 4.69) is 12.2 Å². The lowest BCUT2D eigenvalue weighted by Gasteiger charge is -2.10. The second-order valence-electron chi connectivity index (χ2n) is 3.48. The van der Waals surface area contributed by atoms with E-state index < -0.39 is 0 Å². The minimum Gasteiger partial charge on any atom is -0.354 e. The van der Waals surface area contributed by atoms with Gasteiger partial charge >= 0.3 is 0 Å². The molecule has 1 rings (SSSR count). The van der Waals surface area contributed by atoms with Crippen LogP contribution in [0.2, 0.25) is 0 Å². The fourth-order valence-electron chi connectivity index (χ4n) is 1.86. The van der Waals surface area contributed by atoms with Gasteiger partial charge in [0.15, 0.2) is 0 Å². The first-order valence-corrected chi connectivity index (χ1v) is 4.49. The minimum atomic E-state index is 0.117. The summed E-state index contributed by atoms with van der Waals surface area (Å²) >= 11 is 0. The van der Waals surface area contributed by atoms with E-state index in [1.165, 1.54) is 25.7 Å². The molecule has 1 aliphatic carbocycles. The van der Waals surface area contributed by atoms with Gasteiger partial charge in [0, 0.05) is 13.0 Å². The summed E-state index contributed by atoms with van der Waals surface area (Å²) < 4.78 is 0. The van der Waals surface area contributed by atoms with Crippen molar-refractivity contribution < 1.29 is 4.79 Å². The second kappa shape index (κ2) is 3.74. The van der Waals surface area contributed by atoms with Gasteiger partial charge in [-0.25, -0.2) is 0 Å². The largest absolute Gasteiger partial charge is 0.354 e. The quantitative estimate of drug-likeness (QED) is 0.646. The van der Waals surface area contributed by atoms with E-state index in [4.69, 9.17) is 0 Å². The Balaban J connectivity index is 2.24. The number of carbonyl (C=O) groups is 1. The van der Waals surface area contributed by atoms with E-state index in [0.29, 0.717) is 6.04 Å². The highest BCUT2D eigenvalue weighted by atomic mass is 16.1. The lowest BCUT2D eigenvalue weighted by atomic mass is 10.1. The second-order valence-corrected chi connectivity index (χ2v) is 3.48. The van der Waals surface area contributed by atoms with E-state index in [9.17, 15) is 4.79 Å². The van der Waals surface area contributed by atoms with Gasteiger partial charge in [-0.05, 0) is 25.2 Å². The van der Waals surface area contributed by atoms with Gasteiger partial charge in [0.2, 0.25) is 5.91 Å². The molecule has 0 aromatic heterocycles. The molecular formula is C9H17NO. The molecule has 0 spiro atoms. The molecule has 2 atom stereocenters. The molecule has 64 valence electrons. The normalized spacial score (nSPS) is 30.4. The summed E-state index contributed by atoms with van der Waals surface area (Å²) in [5, 5.41) is 2.97. The topological polar surface area (TPSA) is 29.1 Å². The summed E-state index contributed by atoms with van der Waals surface area (Å²) in [5.74, 6) is 0.971. The third-order valence-electron chi connectivity index (χ3n) is 2.53. The molecule has 0 unspecified atom stereocenters. The van der Waals surface area contributed by atoms with Gasteiger partial charge in [0.25, 0.3) is 0 Å². The van der Waals surface area contributed by atoms with E-state index >= 15 is 0 Å². The number of hydrogen-bond donors (Lipinski definition) is 1. The van der Waals surface area contributed by atoms with Crippen molar-refractivity contribution in [2.45, 2.75) is 45.6 Å². The molecule has 1 amide bonds. The first-order chi connectivity index (χ1) is 5.22. The van der Waals surface area contributed by atoms with Crippen molar-refractivity contribution in [1.82, 2.24) is 5.32 Å². The Hall–Kier alpha value is -0.530. The maximum Gasteiger partial charge on any atom is 0.217 e. The smallest absolute Gasteiger partial charge is 0.217 e. The predicted octanol–water partition coefficient (Wildman–Crippen LogP) is 1.70. The lowest BCUT2D eigenvalue weighted by Crippen LogP contribution is -2.30. The molecule has 0 heterocycles. The number of carbonyl (C=O) groups excluding carboxylic acids is 1. The maximum absolute atomic E-state index is 10.7. The Morgan fingerprint density at radius 2 is 2.27 bits per heavy atom. The highest BCUT2D eigenvalue weighted by molar-refractivity contribution is 5.73. The minimum absolute atomic E-state index is 0.117. The third-order valence-corrected chi connectivity index (χ3v) is 2.53. The fourth-order valence-corrected chi connectivity index (χ4v) is 1.86. The molecule has 1 saturated carbocycles. The van der Waals surface area contributed by atoms with Crippen LogP contribution in [-0.4, -0.2) is 11.9 Å². The molecule has 0 aliphatic heterocycles. The average Bonchev–Trinajstić information content (AvgIpc) is 2.34.